The number of thiophene rings is 1. The number of esters is 1. The molecule has 28 heavy (non-hydrogen) atoms. The van der Waals surface area contributed by atoms with Gasteiger partial charge in [0, 0.05) is 19.0 Å². The van der Waals surface area contributed by atoms with Crippen LogP contribution in [0.1, 0.15) is 5.56 Å². The van der Waals surface area contributed by atoms with Crippen molar-refractivity contribution in [2.24, 2.45) is 0 Å². The lowest BCUT2D eigenvalue weighted by atomic mass is 10.2. The van der Waals surface area contributed by atoms with Gasteiger partial charge < -0.3 is 14.4 Å². The first kappa shape index (κ1) is 20.1. The molecule has 1 amide bonds. The Bertz CT molecular complexity index is 976. The van der Waals surface area contributed by atoms with Gasteiger partial charge in [-0.3, -0.25) is 9.59 Å². The Hall–Kier alpha value is -2.65. The maximum Gasteiger partial charge on any atom is 0.316 e. The van der Waals surface area contributed by atoms with Crippen molar-refractivity contribution in [3.8, 4) is 5.75 Å². The summed E-state index contributed by atoms with van der Waals surface area (Å²) in [7, 11) is 3.26. The van der Waals surface area contributed by atoms with E-state index < -0.39 is 5.97 Å². The first-order valence-corrected chi connectivity index (χ1v) is 10.3. The van der Waals surface area contributed by atoms with Gasteiger partial charge in [-0.25, -0.2) is 9.97 Å². The molecule has 0 aliphatic heterocycles. The Labute approximate surface area is 170 Å². The number of fused-ring (bicyclic) bond motifs is 1. The van der Waals surface area contributed by atoms with Crippen LogP contribution < -0.4 is 4.74 Å². The molecule has 0 atom stereocenters. The second kappa shape index (κ2) is 9.52. The third kappa shape index (κ3) is 5.20. The summed E-state index contributed by atoms with van der Waals surface area (Å²) in [6.07, 6.45) is 1.48. The second-order valence-electron chi connectivity index (χ2n) is 5.87. The fourth-order valence-electron chi connectivity index (χ4n) is 2.44. The lowest BCUT2D eigenvalue weighted by molar-refractivity contribution is -0.149. The van der Waals surface area contributed by atoms with Gasteiger partial charge in [0.05, 0.1) is 12.9 Å². The number of carbonyl (C=O) groups is 2. The number of aromatic nitrogens is 2. The highest BCUT2D eigenvalue weighted by Gasteiger charge is 2.14. The molecule has 0 bridgehead atoms. The quantitative estimate of drug-likeness (QED) is 0.317. The Kier molecular flexibility index (Phi) is 6.83. The zero-order valence-electron chi connectivity index (χ0n) is 15.5. The normalized spacial score (nSPS) is 10.6. The number of benzene rings is 1. The van der Waals surface area contributed by atoms with E-state index in [0.29, 0.717) is 6.54 Å². The highest BCUT2D eigenvalue weighted by atomic mass is 32.2. The highest BCUT2D eigenvalue weighted by molar-refractivity contribution is 8.00. The molecular formula is C19H19N3O4S2. The van der Waals surface area contributed by atoms with Crippen LogP contribution in [0.25, 0.3) is 10.2 Å². The summed E-state index contributed by atoms with van der Waals surface area (Å²) in [5, 5.41) is 3.57. The fraction of sp³-hybridized carbons (Fsp3) is 0.263. The Balaban J connectivity index is 1.45. The number of amides is 1. The number of hydrogen-bond acceptors (Lipinski definition) is 8. The van der Waals surface area contributed by atoms with E-state index in [0.717, 1.165) is 26.6 Å². The maximum atomic E-state index is 12.2. The molecule has 0 saturated carbocycles. The van der Waals surface area contributed by atoms with Gasteiger partial charge in [0.1, 0.15) is 21.9 Å². The van der Waals surface area contributed by atoms with Crippen molar-refractivity contribution >= 4 is 45.2 Å². The number of hydrogen-bond donors (Lipinski definition) is 0. The summed E-state index contributed by atoms with van der Waals surface area (Å²) in [5.74, 6) is 0.0688. The minimum atomic E-state index is -0.463. The SMILES string of the molecule is COc1cccc(CN(C)C(=O)COC(=O)CSc2ncnc3sccc23)c1. The second-order valence-corrected chi connectivity index (χ2v) is 7.73. The molecule has 9 heteroatoms. The molecule has 2 heterocycles. The van der Waals surface area contributed by atoms with Crippen molar-refractivity contribution in [2.75, 3.05) is 26.5 Å². The lowest BCUT2D eigenvalue weighted by Crippen LogP contribution is -2.31. The minimum Gasteiger partial charge on any atom is -0.497 e. The Morgan fingerprint density at radius 3 is 2.93 bits per heavy atom. The molecule has 0 unspecified atom stereocenters. The van der Waals surface area contributed by atoms with Gasteiger partial charge in [-0.05, 0) is 29.1 Å². The van der Waals surface area contributed by atoms with Gasteiger partial charge in [-0.15, -0.1) is 11.3 Å². The summed E-state index contributed by atoms with van der Waals surface area (Å²) in [4.78, 5) is 35.0. The van der Waals surface area contributed by atoms with Gasteiger partial charge in [0.2, 0.25) is 0 Å². The van der Waals surface area contributed by atoms with Gasteiger partial charge in [0.25, 0.3) is 5.91 Å². The summed E-state index contributed by atoms with van der Waals surface area (Å²) in [5.41, 5.74) is 0.931. The van der Waals surface area contributed by atoms with E-state index in [1.807, 2.05) is 35.7 Å². The van der Waals surface area contributed by atoms with Crippen LogP contribution >= 0.6 is 23.1 Å². The molecule has 0 aliphatic rings. The monoisotopic (exact) mass is 417 g/mol. The van der Waals surface area contributed by atoms with E-state index in [-0.39, 0.29) is 18.3 Å². The Morgan fingerprint density at radius 2 is 2.11 bits per heavy atom. The zero-order chi connectivity index (χ0) is 19.9. The molecule has 0 saturated heterocycles. The largest absolute Gasteiger partial charge is 0.497 e. The topological polar surface area (TPSA) is 81.6 Å². The maximum absolute atomic E-state index is 12.2. The lowest BCUT2D eigenvalue weighted by Gasteiger charge is -2.17. The van der Waals surface area contributed by atoms with Crippen LogP contribution in [0.3, 0.4) is 0 Å². The highest BCUT2D eigenvalue weighted by Crippen LogP contribution is 2.27. The molecule has 0 aliphatic carbocycles. The molecule has 0 radical (unpaired) electrons. The van der Waals surface area contributed by atoms with Crippen LogP contribution in [0, 0.1) is 0 Å². The minimum absolute atomic E-state index is 0.0782. The van der Waals surface area contributed by atoms with E-state index in [2.05, 4.69) is 9.97 Å². The predicted molar refractivity (Wildman–Crippen MR) is 109 cm³/mol. The van der Waals surface area contributed by atoms with Crippen molar-refractivity contribution < 1.29 is 19.1 Å². The van der Waals surface area contributed by atoms with Gasteiger partial charge in [-0.1, -0.05) is 23.9 Å². The predicted octanol–water partition coefficient (Wildman–Crippen LogP) is 2.99. The number of carbonyl (C=O) groups excluding carboxylic acids is 2. The standard InChI is InChI=1S/C19H19N3O4S2/c1-22(9-13-4-3-5-14(8-13)25-2)16(23)10-26-17(24)11-28-19-15-6-7-27-18(15)20-12-21-19/h3-8,12H,9-11H2,1-2H3. The van der Waals surface area contributed by atoms with Crippen molar-refractivity contribution in [1.82, 2.24) is 14.9 Å². The number of rotatable bonds is 8. The molecule has 3 aromatic rings. The van der Waals surface area contributed by atoms with E-state index in [1.54, 1.807) is 14.2 Å². The number of likely N-dealkylation sites (N-methyl/N-ethyl adjacent to an activating group) is 1. The zero-order valence-corrected chi connectivity index (χ0v) is 17.1. The molecule has 7 nitrogen and oxygen atoms in total. The van der Waals surface area contributed by atoms with Crippen LogP contribution in [0.4, 0.5) is 0 Å². The van der Waals surface area contributed by atoms with Gasteiger partial charge >= 0.3 is 5.97 Å². The van der Waals surface area contributed by atoms with Crippen LogP contribution in [0.15, 0.2) is 47.1 Å². The molecule has 2 aromatic heterocycles. The van der Waals surface area contributed by atoms with E-state index in [4.69, 9.17) is 9.47 Å². The average molecular weight is 418 g/mol. The van der Waals surface area contributed by atoms with Crippen LogP contribution in [-0.2, 0) is 20.9 Å². The van der Waals surface area contributed by atoms with E-state index >= 15 is 0 Å². The fourth-order valence-corrected chi connectivity index (χ4v) is 4.01. The first-order valence-electron chi connectivity index (χ1n) is 8.40. The van der Waals surface area contributed by atoms with E-state index in [9.17, 15) is 9.59 Å². The average Bonchev–Trinajstić information content (AvgIpc) is 3.20. The van der Waals surface area contributed by atoms with Crippen LogP contribution in [-0.4, -0.2) is 53.3 Å². The summed E-state index contributed by atoms with van der Waals surface area (Å²) in [6.45, 7) is 0.108. The molecule has 0 fully saturated rings. The van der Waals surface area contributed by atoms with Crippen molar-refractivity contribution in [3.63, 3.8) is 0 Å². The van der Waals surface area contributed by atoms with Crippen LogP contribution in [0.5, 0.6) is 5.75 Å². The molecule has 0 N–H and O–H groups in total. The number of ether oxygens (including phenoxy) is 2. The first-order chi connectivity index (χ1) is 13.6. The van der Waals surface area contributed by atoms with Crippen LogP contribution in [0.2, 0.25) is 0 Å². The van der Waals surface area contributed by atoms with E-state index in [1.165, 1.54) is 34.3 Å². The summed E-state index contributed by atoms with van der Waals surface area (Å²) < 4.78 is 10.3. The summed E-state index contributed by atoms with van der Waals surface area (Å²) >= 11 is 2.79. The van der Waals surface area contributed by atoms with Crippen molar-refractivity contribution in [3.05, 3.63) is 47.6 Å². The van der Waals surface area contributed by atoms with Crippen molar-refractivity contribution in [2.45, 2.75) is 11.6 Å². The van der Waals surface area contributed by atoms with Crippen molar-refractivity contribution in [1.29, 1.82) is 0 Å². The van der Waals surface area contributed by atoms with Gasteiger partial charge in [-0.2, -0.15) is 0 Å². The molecule has 146 valence electrons. The molecular weight excluding hydrogens is 398 g/mol. The number of thioether (sulfide) groups is 1. The molecule has 1 aromatic carbocycles. The molecule has 3 rings (SSSR count). The van der Waals surface area contributed by atoms with Gasteiger partial charge in [0.15, 0.2) is 6.61 Å². The Morgan fingerprint density at radius 1 is 1.25 bits per heavy atom. The third-order valence-corrected chi connectivity index (χ3v) is 5.69. The summed E-state index contributed by atoms with van der Waals surface area (Å²) in [6, 6.07) is 9.39. The smallest absolute Gasteiger partial charge is 0.316 e. The molecule has 0 spiro atoms. The third-order valence-electron chi connectivity index (χ3n) is 3.89. The number of methoxy groups -OCH3 is 1. The number of nitrogens with zero attached hydrogens (tertiary/aromatic N) is 3.